The van der Waals surface area contributed by atoms with Gasteiger partial charge in [0.05, 0.1) is 5.56 Å². The molecule has 1 spiro atoms. The topological polar surface area (TPSA) is 156 Å². The van der Waals surface area contributed by atoms with Gasteiger partial charge in [-0.1, -0.05) is 13.8 Å². The molecule has 0 bridgehead atoms. The smallest absolute Gasteiger partial charge is 0.423 e. The highest BCUT2D eigenvalue weighted by Gasteiger charge is 2.50. The first-order valence-corrected chi connectivity index (χ1v) is 17.5. The third-order valence-electron chi connectivity index (χ3n) is 9.66. The summed E-state index contributed by atoms with van der Waals surface area (Å²) >= 11 is 0. The molecule has 0 saturated carbocycles. The molecule has 5 rings (SSSR count). The molecule has 1 N–H and O–H groups in total. The third kappa shape index (κ3) is 8.00. The number of amides is 1. The molecule has 1 unspecified atom stereocenters. The zero-order chi connectivity index (χ0) is 36.2. The summed E-state index contributed by atoms with van der Waals surface area (Å²) in [6.07, 6.45) is 5.49. The highest BCUT2D eigenvalue weighted by Crippen LogP contribution is 2.45. The Labute approximate surface area is 291 Å². The van der Waals surface area contributed by atoms with Crippen LogP contribution in [0.3, 0.4) is 0 Å². The minimum Gasteiger partial charge on any atom is -0.430 e. The first-order valence-electron chi connectivity index (χ1n) is 17.5. The van der Waals surface area contributed by atoms with Gasteiger partial charge in [-0.25, -0.2) is 19.0 Å². The number of hydrogen-bond donors (Lipinski definition) is 1. The first-order chi connectivity index (χ1) is 23.9. The molecule has 2 fully saturated rings. The lowest BCUT2D eigenvalue weighted by molar-refractivity contribution is -0.0339. The zero-order valence-electron chi connectivity index (χ0n) is 30.2. The Balaban J connectivity index is 1.37. The normalized spacial score (nSPS) is 16.6. The summed E-state index contributed by atoms with van der Waals surface area (Å²) in [7, 11) is 1.72. The van der Waals surface area contributed by atoms with Crippen molar-refractivity contribution in [1.29, 1.82) is 0 Å². The maximum atomic E-state index is 15.4. The predicted molar refractivity (Wildman–Crippen MR) is 185 cm³/mol. The van der Waals surface area contributed by atoms with Gasteiger partial charge in [0.2, 0.25) is 11.2 Å². The highest BCUT2D eigenvalue weighted by atomic mass is 19.1. The van der Waals surface area contributed by atoms with Gasteiger partial charge in [0.25, 0.3) is 11.8 Å². The van der Waals surface area contributed by atoms with Crippen LogP contribution < -0.4 is 26.2 Å². The predicted octanol–water partition coefficient (Wildman–Crippen LogP) is 4.06. The van der Waals surface area contributed by atoms with Crippen LogP contribution in [0.15, 0.2) is 30.8 Å². The van der Waals surface area contributed by atoms with Gasteiger partial charge < -0.3 is 33.4 Å². The van der Waals surface area contributed by atoms with Crippen LogP contribution in [0.4, 0.5) is 10.2 Å². The Morgan fingerprint density at radius 1 is 1.04 bits per heavy atom. The number of benzene rings is 1. The van der Waals surface area contributed by atoms with Crippen molar-refractivity contribution in [3.63, 3.8) is 0 Å². The average molecular weight is 700 g/mol. The number of nitrogens with one attached hydrogen (secondary N) is 1. The van der Waals surface area contributed by atoms with Gasteiger partial charge >= 0.3 is 11.3 Å². The van der Waals surface area contributed by atoms with Crippen LogP contribution in [0.1, 0.15) is 77.6 Å². The number of carbonyl (C=O) groups is 1. The van der Waals surface area contributed by atoms with E-state index in [1.165, 1.54) is 11.2 Å². The Morgan fingerprint density at radius 2 is 1.72 bits per heavy atom. The van der Waals surface area contributed by atoms with Crippen molar-refractivity contribution in [2.75, 3.05) is 57.9 Å². The molecule has 4 heterocycles. The van der Waals surface area contributed by atoms with E-state index in [0.29, 0.717) is 30.9 Å². The van der Waals surface area contributed by atoms with E-state index in [4.69, 9.17) is 18.3 Å². The van der Waals surface area contributed by atoms with Crippen LogP contribution in [-0.4, -0.2) is 102 Å². The van der Waals surface area contributed by atoms with Gasteiger partial charge in [-0.05, 0) is 78.5 Å². The molecule has 2 saturated heterocycles. The van der Waals surface area contributed by atoms with Crippen LogP contribution in [-0.2, 0) is 4.74 Å². The SMILES string of the molecule is COCCCNCCCC(C(C)C)N1CC2(CCN(c3ncnnc3Oc3c(C(=O)N(C(C)C)C(C)C)cc(F)c4oc(=O)c(=O)oc34)C2)C1. The molecule has 274 valence electrons. The Morgan fingerprint density at radius 3 is 2.38 bits per heavy atom. The number of rotatable bonds is 16. The van der Waals surface area contributed by atoms with Crippen molar-refractivity contribution in [3.8, 4) is 11.6 Å². The van der Waals surface area contributed by atoms with Crippen LogP contribution in [0, 0.1) is 17.2 Å². The van der Waals surface area contributed by atoms with Gasteiger partial charge in [0.1, 0.15) is 6.33 Å². The van der Waals surface area contributed by atoms with E-state index >= 15 is 4.39 Å². The van der Waals surface area contributed by atoms with Crippen molar-refractivity contribution in [1.82, 2.24) is 30.3 Å². The van der Waals surface area contributed by atoms with E-state index in [-0.39, 0.29) is 34.7 Å². The second-order valence-electron chi connectivity index (χ2n) is 14.4. The molecule has 14 nitrogen and oxygen atoms in total. The van der Waals surface area contributed by atoms with Crippen LogP contribution >= 0.6 is 0 Å². The molecule has 1 aromatic carbocycles. The van der Waals surface area contributed by atoms with Crippen LogP contribution in [0.25, 0.3) is 11.2 Å². The molecule has 3 aromatic rings. The monoisotopic (exact) mass is 699 g/mol. The number of halogens is 1. The van der Waals surface area contributed by atoms with Crippen molar-refractivity contribution in [3.05, 3.63) is 44.6 Å². The number of aromatic nitrogens is 3. The summed E-state index contributed by atoms with van der Waals surface area (Å²) in [4.78, 5) is 48.9. The van der Waals surface area contributed by atoms with Crippen molar-refractivity contribution in [2.24, 2.45) is 11.3 Å². The molecule has 1 atom stereocenters. The molecule has 0 radical (unpaired) electrons. The first kappa shape index (κ1) is 37.3. The lowest BCUT2D eigenvalue weighted by atomic mass is 9.76. The number of fused-ring (bicyclic) bond motifs is 1. The largest absolute Gasteiger partial charge is 0.430 e. The van der Waals surface area contributed by atoms with Gasteiger partial charge in [-0.15, -0.1) is 10.2 Å². The van der Waals surface area contributed by atoms with Gasteiger partial charge in [-0.3, -0.25) is 9.69 Å². The van der Waals surface area contributed by atoms with E-state index < -0.39 is 34.1 Å². The summed E-state index contributed by atoms with van der Waals surface area (Å²) in [5.74, 6) is -1.10. The van der Waals surface area contributed by atoms with E-state index in [1.807, 2.05) is 27.7 Å². The van der Waals surface area contributed by atoms with E-state index in [9.17, 15) is 14.4 Å². The summed E-state index contributed by atoms with van der Waals surface area (Å²) in [5, 5.41) is 11.6. The minimum absolute atomic E-state index is 0.0600. The second kappa shape index (κ2) is 15.9. The summed E-state index contributed by atoms with van der Waals surface area (Å²) in [6, 6.07) is 0.887. The molecular weight excluding hydrogens is 649 g/mol. The Kier molecular flexibility index (Phi) is 11.9. The molecule has 15 heteroatoms. The number of methoxy groups -OCH3 is 1. The molecular formula is C35H50FN7O7. The fourth-order valence-corrected chi connectivity index (χ4v) is 7.42. The van der Waals surface area contributed by atoms with Crippen molar-refractivity contribution in [2.45, 2.75) is 85.4 Å². The maximum absolute atomic E-state index is 15.4. The van der Waals surface area contributed by atoms with Gasteiger partial charge in [0, 0.05) is 63.4 Å². The number of ether oxygens (including phenoxy) is 2. The number of nitrogens with zero attached hydrogens (tertiary/aromatic N) is 6. The van der Waals surface area contributed by atoms with E-state index in [2.05, 4.69) is 44.1 Å². The lowest BCUT2D eigenvalue weighted by Crippen LogP contribution is -2.62. The zero-order valence-corrected chi connectivity index (χ0v) is 30.2. The summed E-state index contributed by atoms with van der Waals surface area (Å²) in [5.41, 5.74) is -4.11. The molecule has 2 aromatic heterocycles. The van der Waals surface area contributed by atoms with Crippen molar-refractivity contribution >= 4 is 22.9 Å². The highest BCUT2D eigenvalue weighted by molar-refractivity contribution is 6.02. The second-order valence-corrected chi connectivity index (χ2v) is 14.4. The fraction of sp³-hybridized carbons (Fsp3) is 0.657. The number of hydrogen-bond acceptors (Lipinski definition) is 13. The maximum Gasteiger partial charge on any atom is 0.423 e. The minimum atomic E-state index is -1.39. The quantitative estimate of drug-likeness (QED) is 0.169. The van der Waals surface area contributed by atoms with Crippen molar-refractivity contribution < 1.29 is 27.5 Å². The standard InChI is InChI=1S/C35H50FN7O7/c1-21(2)26(10-8-12-37-13-9-15-47-7)42-18-35(19-42)11-14-41(17-35)30-31(40-39-20-38-30)48-27-24(32(44)43(22(3)4)23(5)6)16-25(36)28-29(27)50-34(46)33(45)49-28/h16,20-23,26,37H,8-15,17-19H2,1-7H3. The number of likely N-dealkylation sites (tertiary alicyclic amines) is 1. The molecule has 2 aliphatic rings. The third-order valence-corrected chi connectivity index (χ3v) is 9.66. The fourth-order valence-electron chi connectivity index (χ4n) is 7.42. The summed E-state index contributed by atoms with van der Waals surface area (Å²) < 4.78 is 36.9. The number of carbonyl (C=O) groups excluding carboxylic acids is 1. The lowest BCUT2D eigenvalue weighted by Gasteiger charge is -2.53. The van der Waals surface area contributed by atoms with E-state index in [1.54, 1.807) is 7.11 Å². The molecule has 1 amide bonds. The molecule has 0 aliphatic carbocycles. The van der Waals surface area contributed by atoms with E-state index in [0.717, 1.165) is 64.5 Å². The Bertz CT molecular complexity index is 1750. The summed E-state index contributed by atoms with van der Waals surface area (Å²) in [6.45, 7) is 17.9. The number of anilines is 1. The van der Waals surface area contributed by atoms with Crippen LogP contribution in [0.2, 0.25) is 0 Å². The van der Waals surface area contributed by atoms with Crippen LogP contribution in [0.5, 0.6) is 11.6 Å². The molecule has 2 aliphatic heterocycles. The molecule has 50 heavy (non-hydrogen) atoms. The van der Waals surface area contributed by atoms with Gasteiger partial charge in [0.15, 0.2) is 17.4 Å². The average Bonchev–Trinajstić information content (AvgIpc) is 3.49. The Hall–Kier alpha value is -3.95. The van der Waals surface area contributed by atoms with Gasteiger partial charge in [-0.2, -0.15) is 0 Å².